The Morgan fingerprint density at radius 3 is 2.71 bits per heavy atom. The van der Waals surface area contributed by atoms with E-state index in [2.05, 4.69) is 18.2 Å². The summed E-state index contributed by atoms with van der Waals surface area (Å²) in [5, 5.41) is 9.11. The molecule has 0 saturated heterocycles. The molecule has 0 radical (unpaired) electrons. The fraction of sp³-hybridized carbons (Fsp3) is 0.143. The summed E-state index contributed by atoms with van der Waals surface area (Å²) in [5.41, 5.74) is 4.53. The van der Waals surface area contributed by atoms with Gasteiger partial charge in [0.2, 0.25) is 0 Å². The van der Waals surface area contributed by atoms with Gasteiger partial charge in [-0.15, -0.1) is 0 Å². The molecular formula is C14H13BO2. The first-order valence-electron chi connectivity index (χ1n) is 5.77. The maximum atomic E-state index is 9.11. The maximum absolute atomic E-state index is 9.11. The molecule has 3 heteroatoms. The second kappa shape index (κ2) is 4.36. The summed E-state index contributed by atoms with van der Waals surface area (Å²) in [5.74, 6) is 0. The second-order valence-electron chi connectivity index (χ2n) is 4.29. The number of hydrogen-bond acceptors (Lipinski definition) is 2. The third kappa shape index (κ3) is 1.88. The van der Waals surface area contributed by atoms with Crippen LogP contribution in [0.3, 0.4) is 0 Å². The van der Waals surface area contributed by atoms with Gasteiger partial charge in [0.25, 0.3) is 0 Å². The third-order valence-corrected chi connectivity index (χ3v) is 3.18. The van der Waals surface area contributed by atoms with E-state index >= 15 is 0 Å². The van der Waals surface area contributed by atoms with Crippen LogP contribution in [-0.2, 0) is 17.9 Å². The molecule has 3 rings (SSSR count). The van der Waals surface area contributed by atoms with Gasteiger partial charge in [-0.3, -0.25) is 0 Å². The van der Waals surface area contributed by atoms with E-state index < -0.39 is 0 Å². The van der Waals surface area contributed by atoms with E-state index in [1.807, 2.05) is 30.3 Å². The van der Waals surface area contributed by atoms with Crippen LogP contribution in [0.4, 0.5) is 0 Å². The molecule has 0 fully saturated rings. The van der Waals surface area contributed by atoms with Crippen molar-refractivity contribution in [1.82, 2.24) is 0 Å². The summed E-state index contributed by atoms with van der Waals surface area (Å²) in [4.78, 5) is 0. The molecule has 0 atom stereocenters. The number of hydrogen-bond donors (Lipinski definition) is 1. The predicted octanol–water partition coefficient (Wildman–Crippen LogP) is 0.815. The summed E-state index contributed by atoms with van der Waals surface area (Å²) in [6.45, 7) is 0.755. The second-order valence-corrected chi connectivity index (χ2v) is 4.29. The molecule has 1 heterocycles. The molecular weight excluding hydrogens is 211 g/mol. The highest BCUT2D eigenvalue weighted by atomic mass is 16.4. The zero-order valence-electron chi connectivity index (χ0n) is 9.47. The lowest BCUT2D eigenvalue weighted by Crippen LogP contribution is -2.41. The van der Waals surface area contributed by atoms with Crippen LogP contribution >= 0.6 is 0 Å². The van der Waals surface area contributed by atoms with Gasteiger partial charge >= 0.3 is 6.92 Å². The minimum Gasteiger partial charge on any atom is -0.423 e. The van der Waals surface area contributed by atoms with Gasteiger partial charge in [-0.25, -0.2) is 0 Å². The van der Waals surface area contributed by atoms with Crippen molar-refractivity contribution in [2.45, 2.75) is 13.2 Å². The topological polar surface area (TPSA) is 29.5 Å². The maximum Gasteiger partial charge on any atom is 0.362 e. The van der Waals surface area contributed by atoms with Crippen molar-refractivity contribution in [3.05, 3.63) is 59.7 Å². The van der Waals surface area contributed by atoms with Crippen molar-refractivity contribution in [2.24, 2.45) is 0 Å². The van der Waals surface area contributed by atoms with Gasteiger partial charge in [0, 0.05) is 0 Å². The third-order valence-electron chi connectivity index (χ3n) is 3.18. The zero-order chi connectivity index (χ0) is 11.7. The monoisotopic (exact) mass is 224 g/mol. The van der Waals surface area contributed by atoms with E-state index in [-0.39, 0.29) is 13.5 Å². The Morgan fingerprint density at radius 1 is 1.12 bits per heavy atom. The molecule has 84 valence electrons. The highest BCUT2D eigenvalue weighted by Crippen LogP contribution is 2.13. The summed E-state index contributed by atoms with van der Waals surface area (Å²) in [7, 11) is 0. The van der Waals surface area contributed by atoms with Crippen LogP contribution in [0.1, 0.15) is 11.1 Å². The number of rotatable bonds is 2. The molecule has 17 heavy (non-hydrogen) atoms. The van der Waals surface area contributed by atoms with E-state index in [0.717, 1.165) is 5.56 Å². The fourth-order valence-electron chi connectivity index (χ4n) is 2.30. The average molecular weight is 224 g/mol. The van der Waals surface area contributed by atoms with Crippen molar-refractivity contribution in [3.8, 4) is 0 Å². The fourth-order valence-corrected chi connectivity index (χ4v) is 2.30. The van der Waals surface area contributed by atoms with Crippen LogP contribution in [0.2, 0.25) is 0 Å². The Labute approximate surface area is 101 Å². The van der Waals surface area contributed by atoms with Crippen LogP contribution in [0, 0.1) is 0 Å². The van der Waals surface area contributed by atoms with Crippen molar-refractivity contribution in [1.29, 1.82) is 0 Å². The Balaban J connectivity index is 1.99. The molecule has 1 aliphatic heterocycles. The van der Waals surface area contributed by atoms with E-state index in [1.165, 1.54) is 16.5 Å². The number of benzene rings is 2. The molecule has 2 aromatic carbocycles. The first-order chi connectivity index (χ1) is 8.38. The molecule has 0 aliphatic carbocycles. The SMILES string of the molecule is OCc1ccc2c(c1)COB2c1ccccc1. The van der Waals surface area contributed by atoms with E-state index in [0.29, 0.717) is 6.61 Å². The number of aliphatic hydroxyl groups excluding tert-OH is 1. The lowest BCUT2D eigenvalue weighted by molar-refractivity contribution is 0.281. The van der Waals surface area contributed by atoms with E-state index in [4.69, 9.17) is 9.76 Å². The Bertz CT molecular complexity index is 525. The minimum atomic E-state index is 0.0407. The molecule has 0 saturated carbocycles. The van der Waals surface area contributed by atoms with Crippen LogP contribution < -0.4 is 10.9 Å². The molecule has 0 bridgehead atoms. The molecule has 0 spiro atoms. The number of fused-ring (bicyclic) bond motifs is 1. The van der Waals surface area contributed by atoms with Gasteiger partial charge in [-0.05, 0) is 22.1 Å². The smallest absolute Gasteiger partial charge is 0.362 e. The normalized spacial score (nSPS) is 13.8. The van der Waals surface area contributed by atoms with Crippen LogP contribution in [0.25, 0.3) is 0 Å². The Morgan fingerprint density at radius 2 is 1.94 bits per heavy atom. The molecule has 0 unspecified atom stereocenters. The van der Waals surface area contributed by atoms with Crippen molar-refractivity contribution >= 4 is 17.8 Å². The summed E-state index contributed by atoms with van der Waals surface area (Å²) in [6, 6.07) is 16.3. The van der Waals surface area contributed by atoms with Gasteiger partial charge < -0.3 is 9.76 Å². The highest BCUT2D eigenvalue weighted by molar-refractivity contribution is 6.81. The molecule has 2 nitrogen and oxygen atoms in total. The van der Waals surface area contributed by atoms with Crippen molar-refractivity contribution in [2.75, 3.05) is 0 Å². The summed E-state index contributed by atoms with van der Waals surface area (Å²) >= 11 is 0. The molecule has 0 aromatic heterocycles. The zero-order valence-corrected chi connectivity index (χ0v) is 9.47. The Hall–Kier alpha value is -1.58. The summed E-state index contributed by atoms with van der Waals surface area (Å²) < 4.78 is 5.83. The molecule has 1 aliphatic rings. The van der Waals surface area contributed by atoms with Gasteiger partial charge in [-0.2, -0.15) is 0 Å². The highest BCUT2D eigenvalue weighted by Gasteiger charge is 2.29. The van der Waals surface area contributed by atoms with Gasteiger partial charge in [-0.1, -0.05) is 48.5 Å². The molecule has 0 amide bonds. The lowest BCUT2D eigenvalue weighted by atomic mass is 9.56. The van der Waals surface area contributed by atoms with Crippen LogP contribution in [0.5, 0.6) is 0 Å². The molecule has 1 N–H and O–H groups in total. The van der Waals surface area contributed by atoms with E-state index in [1.54, 1.807) is 0 Å². The van der Waals surface area contributed by atoms with Crippen LogP contribution in [0.15, 0.2) is 48.5 Å². The average Bonchev–Trinajstić information content (AvgIpc) is 2.82. The van der Waals surface area contributed by atoms with Crippen molar-refractivity contribution in [3.63, 3.8) is 0 Å². The predicted molar refractivity (Wildman–Crippen MR) is 68.6 cm³/mol. The van der Waals surface area contributed by atoms with E-state index in [9.17, 15) is 0 Å². The van der Waals surface area contributed by atoms with Gasteiger partial charge in [0.05, 0.1) is 13.2 Å². The first kappa shape index (κ1) is 10.6. The number of aliphatic hydroxyl groups is 1. The Kier molecular flexibility index (Phi) is 2.71. The first-order valence-corrected chi connectivity index (χ1v) is 5.77. The standard InChI is InChI=1S/C14H13BO2/c16-9-11-6-7-14-12(8-11)10-17-15(14)13-4-2-1-3-5-13/h1-8,16H,9-10H2. The van der Waals surface area contributed by atoms with Crippen LogP contribution in [-0.4, -0.2) is 12.0 Å². The quantitative estimate of drug-likeness (QED) is 0.765. The minimum absolute atomic E-state index is 0.0407. The molecule has 2 aromatic rings. The van der Waals surface area contributed by atoms with Crippen molar-refractivity contribution < 1.29 is 9.76 Å². The van der Waals surface area contributed by atoms with Gasteiger partial charge in [0.1, 0.15) is 0 Å². The largest absolute Gasteiger partial charge is 0.423 e. The lowest BCUT2D eigenvalue weighted by Gasteiger charge is -2.07. The summed E-state index contributed by atoms with van der Waals surface area (Å²) in [6.07, 6.45) is 0. The van der Waals surface area contributed by atoms with Gasteiger partial charge in [0.15, 0.2) is 0 Å².